The molecular formula is C13H19BrN2O. The molecular weight excluding hydrogens is 280 g/mol. The van der Waals surface area contributed by atoms with Crippen molar-refractivity contribution in [3.63, 3.8) is 0 Å². The van der Waals surface area contributed by atoms with E-state index in [0.29, 0.717) is 6.54 Å². The van der Waals surface area contributed by atoms with Gasteiger partial charge in [-0.25, -0.2) is 0 Å². The molecule has 0 aliphatic heterocycles. The molecule has 0 aliphatic carbocycles. The van der Waals surface area contributed by atoms with Gasteiger partial charge in [-0.3, -0.25) is 4.79 Å². The van der Waals surface area contributed by atoms with Gasteiger partial charge in [0.25, 0.3) is 0 Å². The molecule has 1 rings (SSSR count). The van der Waals surface area contributed by atoms with Crippen LogP contribution in [-0.4, -0.2) is 12.5 Å². The molecule has 3 nitrogen and oxygen atoms in total. The summed E-state index contributed by atoms with van der Waals surface area (Å²) in [6, 6.07) is 7.95. The number of amides is 1. The van der Waals surface area contributed by atoms with Crippen LogP contribution >= 0.6 is 15.9 Å². The van der Waals surface area contributed by atoms with E-state index in [2.05, 4.69) is 21.2 Å². The van der Waals surface area contributed by atoms with Crippen molar-refractivity contribution in [2.45, 2.75) is 26.3 Å². The molecule has 4 heteroatoms. The van der Waals surface area contributed by atoms with Crippen LogP contribution in [0.3, 0.4) is 0 Å². The van der Waals surface area contributed by atoms with Crippen LogP contribution in [-0.2, 0) is 4.79 Å². The third-order valence-electron chi connectivity index (χ3n) is 2.88. The zero-order valence-electron chi connectivity index (χ0n) is 10.2. The van der Waals surface area contributed by atoms with Gasteiger partial charge in [0.05, 0.1) is 6.04 Å². The van der Waals surface area contributed by atoms with Crippen molar-refractivity contribution in [1.29, 1.82) is 0 Å². The van der Waals surface area contributed by atoms with Crippen molar-refractivity contribution in [1.82, 2.24) is 5.32 Å². The van der Waals surface area contributed by atoms with E-state index < -0.39 is 0 Å². The predicted molar refractivity (Wildman–Crippen MR) is 73.5 cm³/mol. The molecule has 0 saturated heterocycles. The van der Waals surface area contributed by atoms with Crippen molar-refractivity contribution in [2.24, 2.45) is 11.7 Å². The van der Waals surface area contributed by atoms with Gasteiger partial charge in [0.1, 0.15) is 0 Å². The number of rotatable bonds is 5. The fourth-order valence-electron chi connectivity index (χ4n) is 1.63. The summed E-state index contributed by atoms with van der Waals surface area (Å²) in [6.07, 6.45) is 0.773. The molecule has 0 heterocycles. The first-order valence-electron chi connectivity index (χ1n) is 5.84. The van der Waals surface area contributed by atoms with Gasteiger partial charge in [-0.05, 0) is 31.0 Å². The number of benzene rings is 1. The summed E-state index contributed by atoms with van der Waals surface area (Å²) < 4.78 is 1.04. The Bertz CT molecular complexity index is 360. The smallest absolute Gasteiger partial charge is 0.224 e. The van der Waals surface area contributed by atoms with Crippen LogP contribution in [0.5, 0.6) is 0 Å². The Hall–Kier alpha value is -0.870. The summed E-state index contributed by atoms with van der Waals surface area (Å²) in [6.45, 7) is 4.35. The van der Waals surface area contributed by atoms with E-state index in [1.54, 1.807) is 0 Å². The fraction of sp³-hybridized carbons (Fsp3) is 0.462. The fourth-order valence-corrected chi connectivity index (χ4v) is 1.89. The highest BCUT2D eigenvalue weighted by Gasteiger charge is 2.17. The van der Waals surface area contributed by atoms with Crippen LogP contribution in [0.25, 0.3) is 0 Å². The van der Waals surface area contributed by atoms with Gasteiger partial charge in [0.15, 0.2) is 0 Å². The molecule has 0 fully saturated rings. The van der Waals surface area contributed by atoms with E-state index in [4.69, 9.17) is 5.73 Å². The molecule has 0 radical (unpaired) electrons. The summed E-state index contributed by atoms with van der Waals surface area (Å²) >= 11 is 3.39. The van der Waals surface area contributed by atoms with Crippen molar-refractivity contribution < 1.29 is 4.79 Å². The molecule has 1 aromatic rings. The lowest BCUT2D eigenvalue weighted by Gasteiger charge is -2.18. The summed E-state index contributed by atoms with van der Waals surface area (Å²) in [5.74, 6) is -0.0571. The maximum atomic E-state index is 11.9. The van der Waals surface area contributed by atoms with Crippen molar-refractivity contribution in [3.05, 3.63) is 34.3 Å². The highest BCUT2D eigenvalue weighted by Crippen LogP contribution is 2.17. The minimum absolute atomic E-state index is 0.0104. The number of carbonyl (C=O) groups is 1. The van der Waals surface area contributed by atoms with Gasteiger partial charge in [0, 0.05) is 16.9 Å². The second-order valence-electron chi connectivity index (χ2n) is 4.12. The highest BCUT2D eigenvalue weighted by atomic mass is 79.9. The third-order valence-corrected chi connectivity index (χ3v) is 3.41. The molecule has 1 aromatic carbocycles. The third kappa shape index (κ3) is 4.13. The van der Waals surface area contributed by atoms with E-state index in [-0.39, 0.29) is 17.9 Å². The molecule has 0 aromatic heterocycles. The van der Waals surface area contributed by atoms with Gasteiger partial charge in [-0.1, -0.05) is 35.0 Å². The van der Waals surface area contributed by atoms with E-state index in [0.717, 1.165) is 16.5 Å². The predicted octanol–water partition coefficient (Wildman–Crippen LogP) is 2.61. The van der Waals surface area contributed by atoms with Gasteiger partial charge in [-0.15, -0.1) is 0 Å². The lowest BCUT2D eigenvalue weighted by atomic mass is 10.0. The molecule has 2 atom stereocenters. The molecule has 1 amide bonds. The molecule has 17 heavy (non-hydrogen) atoms. The minimum atomic E-state index is -0.0899. The molecule has 94 valence electrons. The van der Waals surface area contributed by atoms with Gasteiger partial charge < -0.3 is 11.1 Å². The Balaban J connectivity index is 2.62. The average molecular weight is 299 g/mol. The largest absolute Gasteiger partial charge is 0.349 e. The van der Waals surface area contributed by atoms with Crippen LogP contribution in [0.1, 0.15) is 31.9 Å². The number of hydrogen-bond acceptors (Lipinski definition) is 2. The summed E-state index contributed by atoms with van der Waals surface area (Å²) in [5.41, 5.74) is 6.64. The van der Waals surface area contributed by atoms with Gasteiger partial charge in [-0.2, -0.15) is 0 Å². The van der Waals surface area contributed by atoms with Crippen molar-refractivity contribution >= 4 is 21.8 Å². The highest BCUT2D eigenvalue weighted by molar-refractivity contribution is 9.10. The Kier molecular flexibility index (Phi) is 5.65. The van der Waals surface area contributed by atoms with Crippen LogP contribution in [0.2, 0.25) is 0 Å². The first kappa shape index (κ1) is 14.2. The van der Waals surface area contributed by atoms with Crippen LogP contribution in [0.4, 0.5) is 0 Å². The zero-order chi connectivity index (χ0) is 12.8. The van der Waals surface area contributed by atoms with Crippen LogP contribution in [0.15, 0.2) is 28.7 Å². The molecule has 0 spiro atoms. The summed E-state index contributed by atoms with van der Waals surface area (Å²) in [5, 5.41) is 2.98. The normalized spacial score (nSPS) is 14.1. The van der Waals surface area contributed by atoms with Crippen LogP contribution in [0, 0.1) is 5.92 Å². The van der Waals surface area contributed by atoms with E-state index in [1.807, 2.05) is 38.1 Å². The zero-order valence-corrected chi connectivity index (χ0v) is 11.8. The monoisotopic (exact) mass is 298 g/mol. The maximum Gasteiger partial charge on any atom is 0.224 e. The average Bonchev–Trinajstić information content (AvgIpc) is 2.31. The number of hydrogen-bond donors (Lipinski definition) is 2. The Morgan fingerprint density at radius 1 is 1.41 bits per heavy atom. The Morgan fingerprint density at radius 3 is 2.47 bits per heavy atom. The van der Waals surface area contributed by atoms with E-state index in [9.17, 15) is 4.79 Å². The first-order chi connectivity index (χ1) is 8.08. The molecule has 0 bridgehead atoms. The van der Waals surface area contributed by atoms with Gasteiger partial charge in [0.2, 0.25) is 5.91 Å². The second-order valence-corrected chi connectivity index (χ2v) is 5.04. The topological polar surface area (TPSA) is 55.1 Å². The van der Waals surface area contributed by atoms with Gasteiger partial charge >= 0.3 is 0 Å². The SMILES string of the molecule is CCC(CN)C(=O)NC(C)c1ccc(Br)cc1. The quantitative estimate of drug-likeness (QED) is 0.878. The number of nitrogens with two attached hydrogens (primary N) is 1. The Morgan fingerprint density at radius 2 is 2.00 bits per heavy atom. The number of nitrogens with one attached hydrogen (secondary N) is 1. The minimum Gasteiger partial charge on any atom is -0.349 e. The lowest BCUT2D eigenvalue weighted by Crippen LogP contribution is -2.36. The maximum absolute atomic E-state index is 11.9. The van der Waals surface area contributed by atoms with Crippen molar-refractivity contribution in [2.75, 3.05) is 6.54 Å². The summed E-state index contributed by atoms with van der Waals surface area (Å²) in [7, 11) is 0. The Labute approximate surface area is 111 Å². The molecule has 0 saturated carbocycles. The number of carbonyl (C=O) groups excluding carboxylic acids is 1. The first-order valence-corrected chi connectivity index (χ1v) is 6.63. The molecule has 0 aliphatic rings. The van der Waals surface area contributed by atoms with Crippen LogP contribution < -0.4 is 11.1 Å². The van der Waals surface area contributed by atoms with E-state index in [1.165, 1.54) is 0 Å². The molecule has 2 unspecified atom stereocenters. The summed E-state index contributed by atoms with van der Waals surface area (Å²) in [4.78, 5) is 11.9. The van der Waals surface area contributed by atoms with E-state index >= 15 is 0 Å². The number of halogens is 1. The molecule has 3 N–H and O–H groups in total. The second kappa shape index (κ2) is 6.77. The standard InChI is InChI=1S/C13H19BrN2O/c1-3-10(8-15)13(17)16-9(2)11-4-6-12(14)7-5-11/h4-7,9-10H,3,8,15H2,1-2H3,(H,16,17). The lowest BCUT2D eigenvalue weighted by molar-refractivity contribution is -0.125. The van der Waals surface area contributed by atoms with Crippen molar-refractivity contribution in [3.8, 4) is 0 Å².